The Bertz CT molecular complexity index is 384. The van der Waals surface area contributed by atoms with E-state index in [1.165, 1.54) is 19.3 Å². The second kappa shape index (κ2) is 5.38. The van der Waals surface area contributed by atoms with Crippen molar-refractivity contribution in [3.63, 3.8) is 0 Å². The van der Waals surface area contributed by atoms with Gasteiger partial charge in [0.2, 0.25) is 0 Å². The number of aromatic nitrogens is 2. The van der Waals surface area contributed by atoms with Crippen LogP contribution in [-0.2, 0) is 19.9 Å². The third-order valence-corrected chi connectivity index (χ3v) is 4.29. The molecule has 0 saturated heterocycles. The molecular formula is C12H21ClN4. The number of rotatable bonds is 5. The number of halogens is 1. The second-order valence-electron chi connectivity index (χ2n) is 4.85. The highest BCUT2D eigenvalue weighted by Gasteiger charge is 2.28. The Balaban J connectivity index is 2.13. The van der Waals surface area contributed by atoms with Gasteiger partial charge in [-0.25, -0.2) is 0 Å². The summed E-state index contributed by atoms with van der Waals surface area (Å²) < 4.78 is 1.89. The normalized spacial score (nSPS) is 18.1. The summed E-state index contributed by atoms with van der Waals surface area (Å²) in [5.74, 6) is 6.34. The van der Waals surface area contributed by atoms with Crippen LogP contribution in [0.3, 0.4) is 0 Å². The summed E-state index contributed by atoms with van der Waals surface area (Å²) in [5.41, 5.74) is 5.01. The number of aryl methyl sites for hydroxylation is 2. The SMILES string of the molecule is CCc1nn(C)c(CC(NN)C2CCC2)c1Cl. The Morgan fingerprint density at radius 2 is 2.29 bits per heavy atom. The summed E-state index contributed by atoms with van der Waals surface area (Å²) in [4.78, 5) is 0. The first kappa shape index (κ1) is 12.9. The number of hydrogen-bond acceptors (Lipinski definition) is 3. The van der Waals surface area contributed by atoms with E-state index in [9.17, 15) is 0 Å². The minimum absolute atomic E-state index is 0.321. The minimum atomic E-state index is 0.321. The van der Waals surface area contributed by atoms with Crippen LogP contribution in [0.15, 0.2) is 0 Å². The lowest BCUT2D eigenvalue weighted by Crippen LogP contribution is -2.45. The van der Waals surface area contributed by atoms with E-state index in [0.717, 1.165) is 29.3 Å². The molecule has 96 valence electrons. The highest BCUT2D eigenvalue weighted by Crippen LogP contribution is 2.32. The Morgan fingerprint density at radius 3 is 2.71 bits per heavy atom. The Kier molecular flexibility index (Phi) is 4.07. The molecule has 1 aliphatic rings. The van der Waals surface area contributed by atoms with E-state index in [0.29, 0.717) is 12.0 Å². The zero-order chi connectivity index (χ0) is 12.4. The third-order valence-electron chi connectivity index (χ3n) is 3.85. The first-order chi connectivity index (χ1) is 8.17. The fourth-order valence-corrected chi connectivity index (χ4v) is 2.82. The van der Waals surface area contributed by atoms with Crippen LogP contribution in [0.1, 0.15) is 37.6 Å². The van der Waals surface area contributed by atoms with Crippen LogP contribution in [-0.4, -0.2) is 15.8 Å². The largest absolute Gasteiger partial charge is 0.271 e. The molecule has 5 heteroatoms. The van der Waals surface area contributed by atoms with Crippen molar-refractivity contribution in [1.82, 2.24) is 15.2 Å². The van der Waals surface area contributed by atoms with Crippen molar-refractivity contribution in [1.29, 1.82) is 0 Å². The lowest BCUT2D eigenvalue weighted by Gasteiger charge is -2.33. The molecule has 2 rings (SSSR count). The number of nitrogens with two attached hydrogens (primary N) is 1. The molecule has 0 spiro atoms. The molecule has 1 unspecified atom stereocenters. The predicted octanol–water partition coefficient (Wildman–Crippen LogP) is 1.81. The number of hydrogen-bond donors (Lipinski definition) is 2. The van der Waals surface area contributed by atoms with Crippen molar-refractivity contribution in [2.45, 2.75) is 45.1 Å². The molecule has 0 aromatic carbocycles. The molecule has 0 amide bonds. The zero-order valence-electron chi connectivity index (χ0n) is 10.5. The molecule has 3 N–H and O–H groups in total. The summed E-state index contributed by atoms with van der Waals surface area (Å²) >= 11 is 6.34. The first-order valence-electron chi connectivity index (χ1n) is 6.33. The topological polar surface area (TPSA) is 55.9 Å². The average Bonchev–Trinajstić information content (AvgIpc) is 2.52. The van der Waals surface area contributed by atoms with Crippen LogP contribution in [0, 0.1) is 5.92 Å². The molecule has 1 saturated carbocycles. The molecule has 17 heavy (non-hydrogen) atoms. The van der Waals surface area contributed by atoms with Crippen molar-refractivity contribution in [3.8, 4) is 0 Å². The van der Waals surface area contributed by atoms with Gasteiger partial charge in [-0.1, -0.05) is 24.9 Å². The molecule has 4 nitrogen and oxygen atoms in total. The van der Waals surface area contributed by atoms with E-state index in [1.54, 1.807) is 0 Å². The van der Waals surface area contributed by atoms with Gasteiger partial charge in [-0.2, -0.15) is 5.10 Å². The summed E-state index contributed by atoms with van der Waals surface area (Å²) in [6.45, 7) is 2.07. The smallest absolute Gasteiger partial charge is 0.0850 e. The van der Waals surface area contributed by atoms with Gasteiger partial charge in [0.1, 0.15) is 0 Å². The van der Waals surface area contributed by atoms with Crippen LogP contribution in [0.5, 0.6) is 0 Å². The minimum Gasteiger partial charge on any atom is -0.271 e. The predicted molar refractivity (Wildman–Crippen MR) is 69.8 cm³/mol. The number of hydrazine groups is 1. The molecule has 1 atom stereocenters. The van der Waals surface area contributed by atoms with Crippen molar-refractivity contribution in [2.24, 2.45) is 18.8 Å². The van der Waals surface area contributed by atoms with Gasteiger partial charge in [0, 0.05) is 19.5 Å². The lowest BCUT2D eigenvalue weighted by atomic mass is 9.78. The van der Waals surface area contributed by atoms with Crippen LogP contribution in [0.25, 0.3) is 0 Å². The van der Waals surface area contributed by atoms with Crippen LogP contribution >= 0.6 is 11.6 Å². The van der Waals surface area contributed by atoms with Gasteiger partial charge in [0.25, 0.3) is 0 Å². The Morgan fingerprint density at radius 1 is 1.59 bits per heavy atom. The van der Waals surface area contributed by atoms with E-state index in [-0.39, 0.29) is 0 Å². The molecule has 1 aliphatic carbocycles. The molecule has 0 aliphatic heterocycles. The molecule has 1 aromatic rings. The third kappa shape index (κ3) is 2.49. The summed E-state index contributed by atoms with van der Waals surface area (Å²) in [5, 5.41) is 5.25. The first-order valence-corrected chi connectivity index (χ1v) is 6.71. The van der Waals surface area contributed by atoms with Gasteiger partial charge in [-0.3, -0.25) is 16.0 Å². The average molecular weight is 257 g/mol. The van der Waals surface area contributed by atoms with Gasteiger partial charge in [-0.05, 0) is 25.2 Å². The number of nitrogens with one attached hydrogen (secondary N) is 1. The molecule has 1 fully saturated rings. The fraction of sp³-hybridized carbons (Fsp3) is 0.750. The maximum Gasteiger partial charge on any atom is 0.0850 e. The number of nitrogens with zero attached hydrogens (tertiary/aromatic N) is 2. The fourth-order valence-electron chi connectivity index (χ4n) is 2.45. The van der Waals surface area contributed by atoms with Crippen LogP contribution in [0.4, 0.5) is 0 Å². The molecule has 0 bridgehead atoms. The maximum atomic E-state index is 6.34. The van der Waals surface area contributed by atoms with Gasteiger partial charge >= 0.3 is 0 Å². The highest BCUT2D eigenvalue weighted by molar-refractivity contribution is 6.31. The molecule has 1 heterocycles. The summed E-state index contributed by atoms with van der Waals surface area (Å²) in [6, 6.07) is 0.321. The highest BCUT2D eigenvalue weighted by atomic mass is 35.5. The van der Waals surface area contributed by atoms with Gasteiger partial charge in [0.05, 0.1) is 16.4 Å². The van der Waals surface area contributed by atoms with E-state index in [4.69, 9.17) is 17.4 Å². The van der Waals surface area contributed by atoms with Gasteiger partial charge < -0.3 is 0 Å². The van der Waals surface area contributed by atoms with E-state index in [1.807, 2.05) is 11.7 Å². The van der Waals surface area contributed by atoms with Gasteiger partial charge in [0.15, 0.2) is 0 Å². The van der Waals surface area contributed by atoms with E-state index < -0.39 is 0 Å². The van der Waals surface area contributed by atoms with Crippen molar-refractivity contribution >= 4 is 11.6 Å². The second-order valence-corrected chi connectivity index (χ2v) is 5.23. The Hall–Kier alpha value is -0.580. The van der Waals surface area contributed by atoms with Crippen LogP contribution < -0.4 is 11.3 Å². The molecular weight excluding hydrogens is 236 g/mol. The van der Waals surface area contributed by atoms with E-state index >= 15 is 0 Å². The maximum absolute atomic E-state index is 6.34. The monoisotopic (exact) mass is 256 g/mol. The van der Waals surface area contributed by atoms with Gasteiger partial charge in [-0.15, -0.1) is 0 Å². The summed E-state index contributed by atoms with van der Waals surface area (Å²) in [7, 11) is 1.95. The van der Waals surface area contributed by atoms with Crippen molar-refractivity contribution in [2.75, 3.05) is 0 Å². The van der Waals surface area contributed by atoms with E-state index in [2.05, 4.69) is 17.4 Å². The molecule has 0 radical (unpaired) electrons. The summed E-state index contributed by atoms with van der Waals surface area (Å²) in [6.07, 6.45) is 5.60. The standard InChI is InChI=1S/C12H21ClN4/c1-3-9-12(13)11(17(2)16-9)7-10(15-14)8-5-4-6-8/h8,10,15H,3-7,14H2,1-2H3. The van der Waals surface area contributed by atoms with Crippen LogP contribution in [0.2, 0.25) is 5.02 Å². The van der Waals surface area contributed by atoms with Crippen molar-refractivity contribution in [3.05, 3.63) is 16.4 Å². The lowest BCUT2D eigenvalue weighted by molar-refractivity contribution is 0.226. The Labute approximate surface area is 107 Å². The van der Waals surface area contributed by atoms with Crippen molar-refractivity contribution < 1.29 is 0 Å². The quantitative estimate of drug-likeness (QED) is 0.624. The molecule has 1 aromatic heterocycles. The zero-order valence-corrected chi connectivity index (χ0v) is 11.3.